The molecule has 0 N–H and O–H groups in total. The second-order valence-electron chi connectivity index (χ2n) is 4.85. The highest BCUT2D eigenvalue weighted by Gasteiger charge is 2.11. The number of hydrogen-bond acceptors (Lipinski definition) is 2. The fourth-order valence-corrected chi connectivity index (χ4v) is 3.50. The molecular weight excluding hydrogens is 291 g/mol. The van der Waals surface area contributed by atoms with E-state index in [9.17, 15) is 4.79 Å². The normalized spacial score (nSPS) is 10.2. The minimum Gasteiger partial charge on any atom is -0.465 e. The van der Waals surface area contributed by atoms with Gasteiger partial charge in [0.05, 0.1) is 12.7 Å². The van der Waals surface area contributed by atoms with Crippen LogP contribution in [-0.4, -0.2) is 13.1 Å². The monoisotopic (exact) mass is 306 g/mol. The summed E-state index contributed by atoms with van der Waals surface area (Å²) in [4.78, 5) is 12.0. The maximum atomic E-state index is 12.0. The van der Waals surface area contributed by atoms with Gasteiger partial charge < -0.3 is 4.74 Å². The average molecular weight is 306 g/mol. The third-order valence-corrected chi connectivity index (χ3v) is 4.64. The smallest absolute Gasteiger partial charge is 0.337 e. The Morgan fingerprint density at radius 1 is 0.818 bits per heavy atom. The van der Waals surface area contributed by atoms with Crippen molar-refractivity contribution in [2.45, 2.75) is 0 Å². The predicted octanol–water partition coefficient (Wildman–Crippen LogP) is 5.39. The first-order valence-corrected chi connectivity index (χ1v) is 7.88. The summed E-state index contributed by atoms with van der Waals surface area (Å²) < 4.78 is 4.89. The molecule has 108 valence electrons. The fourth-order valence-electron chi connectivity index (χ4n) is 2.28. The van der Waals surface area contributed by atoms with Crippen LogP contribution in [0.5, 0.6) is 0 Å². The molecule has 0 aliphatic heterocycles. The zero-order valence-electron chi connectivity index (χ0n) is 12.2. The molecule has 0 aliphatic carbocycles. The van der Waals surface area contributed by atoms with Crippen molar-refractivity contribution >= 4 is 14.2 Å². The topological polar surface area (TPSA) is 26.3 Å². The third kappa shape index (κ3) is 3.08. The van der Waals surface area contributed by atoms with Gasteiger partial charge in [0.15, 0.2) is 0 Å². The highest BCUT2D eigenvalue weighted by atomic mass is 31.0. The van der Waals surface area contributed by atoms with E-state index in [4.69, 9.17) is 4.74 Å². The van der Waals surface area contributed by atoms with Crippen LogP contribution in [0.1, 0.15) is 10.4 Å². The molecule has 1 aromatic heterocycles. The van der Waals surface area contributed by atoms with E-state index in [0.29, 0.717) is 5.56 Å². The molecule has 0 radical (unpaired) electrons. The van der Waals surface area contributed by atoms with Gasteiger partial charge in [-0.2, -0.15) is 0 Å². The molecule has 0 saturated carbocycles. The summed E-state index contributed by atoms with van der Waals surface area (Å²) >= 11 is 0. The van der Waals surface area contributed by atoms with E-state index in [-0.39, 0.29) is 5.97 Å². The highest BCUT2D eigenvalue weighted by molar-refractivity contribution is 7.37. The summed E-state index contributed by atoms with van der Waals surface area (Å²) in [5, 5.41) is 2.20. The molecule has 22 heavy (non-hydrogen) atoms. The molecule has 0 unspecified atom stereocenters. The Balaban J connectivity index is 2.17. The number of rotatable bonds is 3. The van der Waals surface area contributed by atoms with Crippen molar-refractivity contribution in [2.75, 3.05) is 7.11 Å². The van der Waals surface area contributed by atoms with Crippen LogP contribution in [0, 0.1) is 0 Å². The Labute approximate surface area is 131 Å². The lowest BCUT2D eigenvalue weighted by Crippen LogP contribution is -2.01. The van der Waals surface area contributed by atoms with Crippen molar-refractivity contribution < 1.29 is 9.53 Å². The van der Waals surface area contributed by atoms with E-state index >= 15 is 0 Å². The Morgan fingerprint density at radius 3 is 1.68 bits per heavy atom. The number of esters is 1. The number of benzene rings is 2. The van der Waals surface area contributed by atoms with Crippen molar-refractivity contribution in [1.82, 2.24) is 0 Å². The van der Waals surface area contributed by atoms with E-state index in [0.717, 1.165) is 29.9 Å². The first-order valence-electron chi connectivity index (χ1n) is 6.99. The molecule has 2 nitrogen and oxygen atoms in total. The van der Waals surface area contributed by atoms with Gasteiger partial charge in [-0.1, -0.05) is 68.9 Å². The third-order valence-electron chi connectivity index (χ3n) is 3.39. The average Bonchev–Trinajstić information content (AvgIpc) is 2.62. The molecule has 0 fully saturated rings. The largest absolute Gasteiger partial charge is 0.465 e. The quantitative estimate of drug-likeness (QED) is 0.607. The summed E-state index contributed by atoms with van der Waals surface area (Å²) in [6, 6.07) is 24.0. The van der Waals surface area contributed by atoms with Crippen LogP contribution in [0.3, 0.4) is 0 Å². The van der Waals surface area contributed by atoms with Gasteiger partial charge in [-0.15, -0.1) is 0 Å². The van der Waals surface area contributed by atoms with Gasteiger partial charge in [-0.3, -0.25) is 0 Å². The number of ether oxygens (including phenoxy) is 1. The summed E-state index contributed by atoms with van der Waals surface area (Å²) in [6.07, 6.45) is 0. The molecular formula is C19H15O2P. The van der Waals surface area contributed by atoms with Crippen molar-refractivity contribution in [3.8, 4) is 21.7 Å². The van der Waals surface area contributed by atoms with Gasteiger partial charge in [-0.25, -0.2) is 4.79 Å². The Morgan fingerprint density at radius 2 is 1.27 bits per heavy atom. The van der Waals surface area contributed by atoms with Gasteiger partial charge in [-0.05, 0) is 23.3 Å². The zero-order chi connectivity index (χ0) is 15.4. The molecule has 0 atom stereocenters. The van der Waals surface area contributed by atoms with Crippen molar-refractivity contribution in [2.24, 2.45) is 0 Å². The van der Waals surface area contributed by atoms with Crippen LogP contribution in [0.25, 0.3) is 21.7 Å². The number of carbonyl (C=O) groups excluding carboxylic acids is 1. The van der Waals surface area contributed by atoms with Crippen LogP contribution in [0.15, 0.2) is 72.8 Å². The molecule has 1 heterocycles. The molecule has 0 bridgehead atoms. The molecule has 0 aliphatic rings. The summed E-state index contributed by atoms with van der Waals surface area (Å²) in [5.74, 6) is -0.309. The summed E-state index contributed by atoms with van der Waals surface area (Å²) in [7, 11) is 2.50. The second kappa shape index (κ2) is 6.55. The van der Waals surface area contributed by atoms with Gasteiger partial charge in [0.2, 0.25) is 0 Å². The molecule has 0 spiro atoms. The van der Waals surface area contributed by atoms with Crippen LogP contribution in [-0.2, 0) is 4.74 Å². The van der Waals surface area contributed by atoms with Crippen LogP contribution < -0.4 is 0 Å². The Bertz CT molecular complexity index is 725. The van der Waals surface area contributed by atoms with E-state index in [1.54, 1.807) is 0 Å². The number of carbonyl (C=O) groups is 1. The van der Waals surface area contributed by atoms with Gasteiger partial charge >= 0.3 is 5.97 Å². The molecule has 0 amide bonds. The van der Waals surface area contributed by atoms with Crippen molar-refractivity contribution in [3.63, 3.8) is 0 Å². The SMILES string of the molecule is COC(=O)c1cc(-c2ccccc2)pc(-c2ccccc2)c1. The van der Waals surface area contributed by atoms with Gasteiger partial charge in [0.1, 0.15) is 0 Å². The van der Waals surface area contributed by atoms with Gasteiger partial charge in [0.25, 0.3) is 0 Å². The minimum atomic E-state index is -0.309. The van der Waals surface area contributed by atoms with E-state index < -0.39 is 0 Å². The lowest BCUT2D eigenvalue weighted by molar-refractivity contribution is 0.0601. The van der Waals surface area contributed by atoms with Crippen molar-refractivity contribution in [3.05, 3.63) is 78.4 Å². The van der Waals surface area contributed by atoms with E-state index in [2.05, 4.69) is 24.3 Å². The van der Waals surface area contributed by atoms with Crippen LogP contribution in [0.4, 0.5) is 0 Å². The molecule has 3 heteroatoms. The van der Waals surface area contributed by atoms with E-state index in [1.165, 1.54) is 7.11 Å². The Kier molecular flexibility index (Phi) is 4.32. The van der Waals surface area contributed by atoms with Crippen LogP contribution >= 0.6 is 8.19 Å². The number of methoxy groups -OCH3 is 1. The maximum absolute atomic E-state index is 12.0. The standard InChI is InChI=1S/C19H15O2P/c1-21-19(20)16-12-17(14-8-4-2-5-9-14)22-18(13-16)15-10-6-3-7-11-15/h2-13H,1H3. The second-order valence-corrected chi connectivity index (χ2v) is 6.04. The summed E-state index contributed by atoms with van der Waals surface area (Å²) in [5.41, 5.74) is 2.82. The maximum Gasteiger partial charge on any atom is 0.337 e. The van der Waals surface area contributed by atoms with E-state index in [1.807, 2.05) is 48.5 Å². The molecule has 2 aromatic carbocycles. The first-order chi connectivity index (χ1) is 10.8. The fraction of sp³-hybridized carbons (Fsp3) is 0.0526. The zero-order valence-corrected chi connectivity index (χ0v) is 13.1. The summed E-state index contributed by atoms with van der Waals surface area (Å²) in [6.45, 7) is 0. The van der Waals surface area contributed by atoms with Gasteiger partial charge in [0, 0.05) is 10.6 Å². The lowest BCUT2D eigenvalue weighted by Gasteiger charge is -2.09. The predicted molar refractivity (Wildman–Crippen MR) is 91.2 cm³/mol. The lowest BCUT2D eigenvalue weighted by atomic mass is 10.1. The van der Waals surface area contributed by atoms with Crippen LogP contribution in [0.2, 0.25) is 0 Å². The highest BCUT2D eigenvalue weighted by Crippen LogP contribution is 2.38. The number of hydrogen-bond donors (Lipinski definition) is 0. The first kappa shape index (κ1) is 14.5. The Hall–Kier alpha value is -2.44. The van der Waals surface area contributed by atoms with Crippen molar-refractivity contribution in [1.29, 1.82) is 0 Å². The minimum absolute atomic E-state index is 0.309. The molecule has 3 rings (SSSR count). The molecule has 3 aromatic rings. The molecule has 0 saturated heterocycles.